The van der Waals surface area contributed by atoms with E-state index in [1.165, 1.54) is 11.1 Å². The summed E-state index contributed by atoms with van der Waals surface area (Å²) in [6.45, 7) is 0. The Morgan fingerprint density at radius 1 is 0.262 bits per heavy atom. The van der Waals surface area contributed by atoms with Crippen molar-refractivity contribution in [2.75, 3.05) is 0 Å². The molecule has 61 heavy (non-hydrogen) atoms. The SMILES string of the molecule is c1ccc(-c2ccc(-c3cc(-c4ccc(-c5ccc(-c6nc(-c7ccccc7)n7c(-c8ccccc8)c8ccccc8c7n6)cc5)cc4)nc(-c4ccccc4)n3)cc2)cc1. The Kier molecular flexibility index (Phi) is 9.10. The smallest absolute Gasteiger partial charge is 0.163 e. The summed E-state index contributed by atoms with van der Waals surface area (Å²) in [5.74, 6) is 2.22. The molecule has 0 spiro atoms. The second-order valence-corrected chi connectivity index (χ2v) is 15.1. The lowest BCUT2D eigenvalue weighted by Crippen LogP contribution is -2.03. The van der Waals surface area contributed by atoms with Crippen molar-refractivity contribution >= 4 is 16.4 Å². The van der Waals surface area contributed by atoms with Gasteiger partial charge in [0.15, 0.2) is 11.6 Å². The highest BCUT2D eigenvalue weighted by Crippen LogP contribution is 2.38. The Morgan fingerprint density at radius 3 is 1.15 bits per heavy atom. The van der Waals surface area contributed by atoms with Gasteiger partial charge in [-0.05, 0) is 33.9 Å². The highest BCUT2D eigenvalue weighted by atomic mass is 15.1. The number of aromatic nitrogens is 5. The molecule has 0 aliphatic carbocycles. The summed E-state index contributed by atoms with van der Waals surface area (Å²) in [5, 5.41) is 2.23. The number of fused-ring (bicyclic) bond motifs is 3. The summed E-state index contributed by atoms with van der Waals surface area (Å²) in [7, 11) is 0. The van der Waals surface area contributed by atoms with Gasteiger partial charge in [-0.1, -0.05) is 218 Å². The van der Waals surface area contributed by atoms with Gasteiger partial charge < -0.3 is 0 Å². The lowest BCUT2D eigenvalue weighted by atomic mass is 10.00. The first-order valence-corrected chi connectivity index (χ1v) is 20.5. The molecule has 3 aromatic heterocycles. The Morgan fingerprint density at radius 2 is 0.623 bits per heavy atom. The predicted molar refractivity (Wildman–Crippen MR) is 250 cm³/mol. The minimum absolute atomic E-state index is 0.680. The monoisotopic (exact) mass is 779 g/mol. The molecule has 3 heterocycles. The first-order valence-electron chi connectivity index (χ1n) is 20.5. The molecule has 0 saturated heterocycles. The molecule has 8 aromatic carbocycles. The van der Waals surface area contributed by atoms with Crippen molar-refractivity contribution in [2.24, 2.45) is 0 Å². The van der Waals surface area contributed by atoms with Gasteiger partial charge in [-0.25, -0.2) is 19.9 Å². The molecule has 0 aliphatic heterocycles. The zero-order chi connectivity index (χ0) is 40.5. The van der Waals surface area contributed by atoms with Crippen molar-refractivity contribution < 1.29 is 0 Å². The van der Waals surface area contributed by atoms with Crippen molar-refractivity contribution in [3.63, 3.8) is 0 Å². The van der Waals surface area contributed by atoms with Gasteiger partial charge in [-0.3, -0.25) is 4.40 Å². The zero-order valence-corrected chi connectivity index (χ0v) is 33.1. The fourth-order valence-corrected chi connectivity index (χ4v) is 8.18. The van der Waals surface area contributed by atoms with Gasteiger partial charge in [0, 0.05) is 38.6 Å². The molecule has 0 atom stereocenters. The fourth-order valence-electron chi connectivity index (χ4n) is 8.18. The molecule has 11 aromatic rings. The fraction of sp³-hybridized carbons (Fsp3) is 0. The van der Waals surface area contributed by atoms with E-state index < -0.39 is 0 Å². The highest BCUT2D eigenvalue weighted by molar-refractivity contribution is 6.06. The van der Waals surface area contributed by atoms with Crippen LogP contribution < -0.4 is 0 Å². The number of hydrogen-bond acceptors (Lipinski definition) is 4. The van der Waals surface area contributed by atoms with E-state index in [2.05, 4.69) is 199 Å². The average molecular weight is 780 g/mol. The van der Waals surface area contributed by atoms with Crippen molar-refractivity contribution in [1.82, 2.24) is 24.3 Å². The van der Waals surface area contributed by atoms with Crippen molar-refractivity contribution in [1.29, 1.82) is 0 Å². The Labute approximate surface area is 354 Å². The molecule has 0 unspecified atom stereocenters. The van der Waals surface area contributed by atoms with E-state index in [0.717, 1.165) is 83.8 Å². The van der Waals surface area contributed by atoms with Crippen LogP contribution in [-0.4, -0.2) is 24.3 Å². The third-order valence-corrected chi connectivity index (χ3v) is 11.3. The van der Waals surface area contributed by atoms with Crippen LogP contribution in [0, 0.1) is 0 Å². The Hall–Kier alpha value is -8.28. The van der Waals surface area contributed by atoms with Gasteiger partial charge in [-0.2, -0.15) is 0 Å². The third-order valence-electron chi connectivity index (χ3n) is 11.3. The molecule has 0 fully saturated rings. The van der Waals surface area contributed by atoms with E-state index in [1.54, 1.807) is 0 Å². The molecule has 0 saturated carbocycles. The van der Waals surface area contributed by atoms with Crippen LogP contribution in [0.2, 0.25) is 0 Å². The quantitative estimate of drug-likeness (QED) is 0.154. The van der Waals surface area contributed by atoms with Gasteiger partial charge in [-0.15, -0.1) is 0 Å². The van der Waals surface area contributed by atoms with Crippen molar-refractivity contribution in [3.8, 4) is 90.2 Å². The number of hydrogen-bond donors (Lipinski definition) is 0. The highest BCUT2D eigenvalue weighted by Gasteiger charge is 2.21. The summed E-state index contributed by atoms with van der Waals surface area (Å²) in [6.07, 6.45) is 0. The van der Waals surface area contributed by atoms with Crippen LogP contribution >= 0.6 is 0 Å². The summed E-state index contributed by atoms with van der Waals surface area (Å²) >= 11 is 0. The summed E-state index contributed by atoms with van der Waals surface area (Å²) in [6, 6.07) is 77.9. The maximum absolute atomic E-state index is 5.29. The van der Waals surface area contributed by atoms with E-state index in [1.807, 2.05) is 30.3 Å². The van der Waals surface area contributed by atoms with Crippen LogP contribution in [0.1, 0.15) is 0 Å². The van der Waals surface area contributed by atoms with E-state index >= 15 is 0 Å². The molecule has 5 heteroatoms. The Balaban J connectivity index is 0.942. The first kappa shape index (κ1) is 35.8. The molecule has 0 N–H and O–H groups in total. The van der Waals surface area contributed by atoms with Crippen LogP contribution in [0.15, 0.2) is 224 Å². The van der Waals surface area contributed by atoms with E-state index in [-0.39, 0.29) is 0 Å². The largest absolute Gasteiger partial charge is 0.277 e. The van der Waals surface area contributed by atoms with E-state index in [4.69, 9.17) is 19.9 Å². The number of benzene rings is 8. The molecule has 5 nitrogen and oxygen atoms in total. The first-order chi connectivity index (χ1) is 30.2. The average Bonchev–Trinajstić information content (AvgIpc) is 3.69. The van der Waals surface area contributed by atoms with Gasteiger partial charge in [0.1, 0.15) is 11.5 Å². The van der Waals surface area contributed by atoms with Crippen LogP contribution in [0.4, 0.5) is 0 Å². The van der Waals surface area contributed by atoms with E-state index in [9.17, 15) is 0 Å². The molecule has 0 aliphatic rings. The van der Waals surface area contributed by atoms with Gasteiger partial charge in [0.05, 0.1) is 17.1 Å². The summed E-state index contributed by atoms with van der Waals surface area (Å²) in [5.41, 5.74) is 14.4. The second kappa shape index (κ2) is 15.5. The molecule has 286 valence electrons. The molecule has 11 rings (SSSR count). The van der Waals surface area contributed by atoms with Gasteiger partial charge in [0.25, 0.3) is 0 Å². The lowest BCUT2D eigenvalue weighted by Gasteiger charge is -2.12. The maximum Gasteiger partial charge on any atom is 0.163 e. The van der Waals surface area contributed by atoms with Crippen LogP contribution in [0.3, 0.4) is 0 Å². The molecular weight excluding hydrogens is 743 g/mol. The topological polar surface area (TPSA) is 56.0 Å². The van der Waals surface area contributed by atoms with Gasteiger partial charge in [0.2, 0.25) is 0 Å². The summed E-state index contributed by atoms with van der Waals surface area (Å²) in [4.78, 5) is 20.7. The van der Waals surface area contributed by atoms with Crippen molar-refractivity contribution in [2.45, 2.75) is 0 Å². The van der Waals surface area contributed by atoms with E-state index in [0.29, 0.717) is 11.6 Å². The van der Waals surface area contributed by atoms with Crippen LogP contribution in [0.25, 0.3) is 107 Å². The normalized spacial score (nSPS) is 11.3. The minimum atomic E-state index is 0.680. The lowest BCUT2D eigenvalue weighted by molar-refractivity contribution is 1.05. The van der Waals surface area contributed by atoms with Crippen LogP contribution in [0.5, 0.6) is 0 Å². The number of rotatable bonds is 8. The molecular formula is C56H37N5. The second-order valence-electron chi connectivity index (χ2n) is 15.1. The zero-order valence-electron chi connectivity index (χ0n) is 33.1. The molecule has 0 radical (unpaired) electrons. The molecule has 0 amide bonds. The maximum atomic E-state index is 5.29. The minimum Gasteiger partial charge on any atom is -0.277 e. The van der Waals surface area contributed by atoms with Gasteiger partial charge >= 0.3 is 0 Å². The summed E-state index contributed by atoms with van der Waals surface area (Å²) < 4.78 is 2.22. The standard InChI is InChI=1S/C56H37N5/c1-5-15-38(16-6-1)39-25-31-42(32-26-39)50-37-51(58-53(57-50)45-19-9-3-10-20-45)43-33-27-40(28-34-43)41-29-35-46(36-30-41)54-59-55(47-21-11-4-12-22-47)61-52(44-17-7-2-8-18-44)48-23-13-14-24-49(48)56(61)60-54/h1-37H. The Bertz CT molecular complexity index is 3290. The van der Waals surface area contributed by atoms with Crippen LogP contribution in [-0.2, 0) is 0 Å². The predicted octanol–water partition coefficient (Wildman–Crippen LogP) is 14.0. The van der Waals surface area contributed by atoms with Crippen molar-refractivity contribution in [3.05, 3.63) is 224 Å². The third kappa shape index (κ3) is 6.84. The number of nitrogens with zero attached hydrogens (tertiary/aromatic N) is 5. The molecule has 0 bridgehead atoms.